The summed E-state index contributed by atoms with van der Waals surface area (Å²) in [6.45, 7) is 6.57. The van der Waals surface area contributed by atoms with E-state index in [9.17, 15) is 0 Å². The lowest BCUT2D eigenvalue weighted by Crippen LogP contribution is -2.36. The molecule has 20 heavy (non-hydrogen) atoms. The van der Waals surface area contributed by atoms with Crippen molar-refractivity contribution in [3.05, 3.63) is 28.8 Å². The van der Waals surface area contributed by atoms with Gasteiger partial charge in [-0.25, -0.2) is 0 Å². The highest BCUT2D eigenvalue weighted by Crippen LogP contribution is 2.39. The van der Waals surface area contributed by atoms with Crippen LogP contribution in [0.2, 0.25) is 0 Å². The number of methoxy groups -OCH3 is 1. The Morgan fingerprint density at radius 1 is 1.20 bits per heavy atom. The number of hydrogen-bond donors (Lipinski definition) is 1. The highest BCUT2D eigenvalue weighted by molar-refractivity contribution is 5.45. The molecule has 0 bridgehead atoms. The van der Waals surface area contributed by atoms with Crippen molar-refractivity contribution in [2.45, 2.75) is 32.7 Å². The summed E-state index contributed by atoms with van der Waals surface area (Å²) in [5.74, 6) is 1.76. The highest BCUT2D eigenvalue weighted by atomic mass is 16.5. The van der Waals surface area contributed by atoms with Crippen LogP contribution < -0.4 is 10.1 Å². The Kier molecular flexibility index (Phi) is 5.06. The van der Waals surface area contributed by atoms with Crippen molar-refractivity contribution in [1.82, 2.24) is 10.2 Å². The monoisotopic (exact) mass is 276 g/mol. The van der Waals surface area contributed by atoms with Crippen LogP contribution in [-0.2, 0) is 0 Å². The second-order valence-corrected chi connectivity index (χ2v) is 6.20. The van der Waals surface area contributed by atoms with Crippen molar-refractivity contribution in [1.29, 1.82) is 0 Å². The molecule has 0 saturated carbocycles. The number of hydrogen-bond acceptors (Lipinski definition) is 3. The van der Waals surface area contributed by atoms with Gasteiger partial charge in [0.25, 0.3) is 0 Å². The first kappa shape index (κ1) is 15.3. The first-order valence-electron chi connectivity index (χ1n) is 7.57. The van der Waals surface area contributed by atoms with Crippen molar-refractivity contribution >= 4 is 0 Å². The summed E-state index contributed by atoms with van der Waals surface area (Å²) in [5.41, 5.74) is 3.91. The van der Waals surface area contributed by atoms with Gasteiger partial charge in [0.05, 0.1) is 7.11 Å². The molecule has 0 aromatic heterocycles. The summed E-state index contributed by atoms with van der Waals surface area (Å²) in [6, 6.07) is 4.95. The van der Waals surface area contributed by atoms with Crippen LogP contribution in [0.4, 0.5) is 0 Å². The van der Waals surface area contributed by atoms with Gasteiger partial charge in [0.15, 0.2) is 0 Å². The molecular formula is C17H28N2O. The van der Waals surface area contributed by atoms with E-state index in [1.54, 1.807) is 7.11 Å². The predicted molar refractivity (Wildman–Crippen MR) is 84.5 cm³/mol. The number of nitrogens with zero attached hydrogens (tertiary/aromatic N) is 1. The van der Waals surface area contributed by atoms with Gasteiger partial charge in [-0.15, -0.1) is 0 Å². The van der Waals surface area contributed by atoms with Crippen molar-refractivity contribution in [2.24, 2.45) is 5.92 Å². The average Bonchev–Trinajstić information content (AvgIpc) is 2.39. The molecule has 0 aliphatic carbocycles. The number of ether oxygens (including phenoxy) is 1. The van der Waals surface area contributed by atoms with E-state index >= 15 is 0 Å². The van der Waals surface area contributed by atoms with Crippen molar-refractivity contribution in [3.63, 3.8) is 0 Å². The molecule has 1 N–H and O–H groups in total. The summed E-state index contributed by atoms with van der Waals surface area (Å²) in [7, 11) is 6.16. The Morgan fingerprint density at radius 3 is 2.40 bits per heavy atom. The van der Waals surface area contributed by atoms with E-state index in [0.717, 1.165) is 18.8 Å². The Balaban J connectivity index is 2.42. The molecule has 1 saturated heterocycles. The van der Waals surface area contributed by atoms with Gasteiger partial charge >= 0.3 is 0 Å². The topological polar surface area (TPSA) is 24.5 Å². The van der Waals surface area contributed by atoms with Gasteiger partial charge in [0.1, 0.15) is 5.75 Å². The fraction of sp³-hybridized carbons (Fsp3) is 0.647. The first-order chi connectivity index (χ1) is 9.54. The Labute approximate surface area is 123 Å². The van der Waals surface area contributed by atoms with Gasteiger partial charge in [0, 0.05) is 11.6 Å². The maximum atomic E-state index is 5.71. The van der Waals surface area contributed by atoms with E-state index in [1.165, 1.54) is 29.5 Å². The maximum absolute atomic E-state index is 5.71. The van der Waals surface area contributed by atoms with Crippen LogP contribution in [0.5, 0.6) is 5.75 Å². The van der Waals surface area contributed by atoms with Crippen LogP contribution in [0.15, 0.2) is 12.1 Å². The van der Waals surface area contributed by atoms with E-state index in [0.29, 0.717) is 12.0 Å². The molecule has 1 aromatic rings. The van der Waals surface area contributed by atoms with Gasteiger partial charge in [-0.2, -0.15) is 0 Å². The van der Waals surface area contributed by atoms with Crippen LogP contribution in [0.3, 0.4) is 0 Å². The molecule has 0 radical (unpaired) electrons. The summed E-state index contributed by atoms with van der Waals surface area (Å²) in [5, 5.41) is 3.46. The van der Waals surface area contributed by atoms with Gasteiger partial charge in [0.2, 0.25) is 0 Å². The summed E-state index contributed by atoms with van der Waals surface area (Å²) in [6.07, 6.45) is 2.47. The zero-order valence-electron chi connectivity index (χ0n) is 13.5. The number of nitrogens with one attached hydrogen (secondary N) is 1. The van der Waals surface area contributed by atoms with E-state index in [2.05, 4.69) is 50.3 Å². The van der Waals surface area contributed by atoms with Crippen molar-refractivity contribution < 1.29 is 4.74 Å². The van der Waals surface area contributed by atoms with Crippen LogP contribution in [0, 0.1) is 19.8 Å². The van der Waals surface area contributed by atoms with Crippen LogP contribution in [0.1, 0.15) is 35.6 Å². The number of rotatable bonds is 4. The smallest absolute Gasteiger partial charge is 0.126 e. The van der Waals surface area contributed by atoms with Gasteiger partial charge < -0.3 is 15.0 Å². The zero-order valence-corrected chi connectivity index (χ0v) is 13.5. The van der Waals surface area contributed by atoms with Gasteiger partial charge in [-0.05, 0) is 65.4 Å². The molecule has 0 spiro atoms. The molecular weight excluding hydrogens is 248 g/mol. The predicted octanol–water partition coefficient (Wildman–Crippen LogP) is 2.91. The second-order valence-electron chi connectivity index (χ2n) is 6.20. The number of aryl methyl sites for hydroxylation is 2. The fourth-order valence-electron chi connectivity index (χ4n) is 3.60. The Hall–Kier alpha value is -1.06. The molecule has 2 rings (SSSR count). The summed E-state index contributed by atoms with van der Waals surface area (Å²) in [4.78, 5) is 2.35. The van der Waals surface area contributed by atoms with E-state index in [1.807, 2.05) is 0 Å². The van der Waals surface area contributed by atoms with E-state index in [-0.39, 0.29) is 0 Å². The quantitative estimate of drug-likeness (QED) is 0.915. The van der Waals surface area contributed by atoms with Crippen molar-refractivity contribution in [3.8, 4) is 5.75 Å². The fourth-order valence-corrected chi connectivity index (χ4v) is 3.60. The lowest BCUT2D eigenvalue weighted by molar-refractivity contribution is 0.173. The third-order valence-electron chi connectivity index (χ3n) is 4.36. The van der Waals surface area contributed by atoms with Gasteiger partial charge in [-0.3, -0.25) is 0 Å². The molecule has 1 atom stereocenters. The molecule has 1 aliphatic rings. The van der Waals surface area contributed by atoms with Crippen LogP contribution in [-0.4, -0.2) is 39.2 Å². The normalized spacial score (nSPS) is 18.3. The maximum Gasteiger partial charge on any atom is 0.126 e. The minimum Gasteiger partial charge on any atom is -0.496 e. The molecule has 3 nitrogen and oxygen atoms in total. The summed E-state index contributed by atoms with van der Waals surface area (Å²) < 4.78 is 5.71. The molecule has 3 heteroatoms. The lowest BCUT2D eigenvalue weighted by Gasteiger charge is -2.36. The Morgan fingerprint density at radius 2 is 1.85 bits per heavy atom. The minimum atomic E-state index is 0.436. The zero-order chi connectivity index (χ0) is 14.7. The number of piperidine rings is 1. The molecule has 1 fully saturated rings. The molecule has 1 unspecified atom stereocenters. The third kappa shape index (κ3) is 3.15. The van der Waals surface area contributed by atoms with Crippen LogP contribution in [0.25, 0.3) is 0 Å². The SMILES string of the molecule is COc1c(C)cc(C)cc1C(C1CCNCC1)N(C)C. The lowest BCUT2D eigenvalue weighted by atomic mass is 9.83. The third-order valence-corrected chi connectivity index (χ3v) is 4.36. The number of benzene rings is 1. The summed E-state index contributed by atoms with van der Waals surface area (Å²) >= 11 is 0. The van der Waals surface area contributed by atoms with E-state index < -0.39 is 0 Å². The Bertz CT molecular complexity index is 451. The van der Waals surface area contributed by atoms with Crippen molar-refractivity contribution in [2.75, 3.05) is 34.3 Å². The second kappa shape index (κ2) is 6.59. The van der Waals surface area contributed by atoms with E-state index in [4.69, 9.17) is 4.74 Å². The van der Waals surface area contributed by atoms with Gasteiger partial charge in [-0.1, -0.05) is 17.7 Å². The van der Waals surface area contributed by atoms with Crippen LogP contribution >= 0.6 is 0 Å². The first-order valence-corrected chi connectivity index (χ1v) is 7.57. The molecule has 1 heterocycles. The molecule has 112 valence electrons. The minimum absolute atomic E-state index is 0.436. The largest absolute Gasteiger partial charge is 0.496 e. The molecule has 1 aromatic carbocycles. The molecule has 0 amide bonds. The average molecular weight is 276 g/mol. The molecule has 1 aliphatic heterocycles. The highest BCUT2D eigenvalue weighted by Gasteiger charge is 2.29. The standard InChI is InChI=1S/C17H28N2O/c1-12-10-13(2)17(20-5)15(11-12)16(19(3)4)14-6-8-18-9-7-14/h10-11,14,16,18H,6-9H2,1-5H3.